The summed E-state index contributed by atoms with van der Waals surface area (Å²) in [6.07, 6.45) is 6.19. The first-order chi connectivity index (χ1) is 11.0. The highest BCUT2D eigenvalue weighted by Gasteiger charge is 2.29. The third-order valence-corrected chi connectivity index (χ3v) is 6.35. The highest BCUT2D eigenvalue weighted by molar-refractivity contribution is 7.91. The summed E-state index contributed by atoms with van der Waals surface area (Å²) in [7, 11) is -2.93. The van der Waals surface area contributed by atoms with E-state index in [1.807, 2.05) is 12.1 Å². The van der Waals surface area contributed by atoms with Crippen molar-refractivity contribution in [3.63, 3.8) is 0 Å². The van der Waals surface area contributed by atoms with Crippen molar-refractivity contribution in [1.29, 1.82) is 0 Å². The van der Waals surface area contributed by atoms with Crippen LogP contribution in [-0.2, 0) is 14.6 Å². The summed E-state index contributed by atoms with van der Waals surface area (Å²) in [4.78, 5) is 18.7. The van der Waals surface area contributed by atoms with Gasteiger partial charge in [-0.1, -0.05) is 0 Å². The molecule has 0 spiro atoms. The normalized spacial score (nSPS) is 23.7. The number of nitrogens with zero attached hydrogens (tertiary/aromatic N) is 2. The smallest absolute Gasteiger partial charge is 0.224 e. The first-order valence-electron chi connectivity index (χ1n) is 8.23. The maximum Gasteiger partial charge on any atom is 0.224 e. The van der Waals surface area contributed by atoms with Crippen molar-refractivity contribution in [3.8, 4) is 0 Å². The number of anilines is 2. The maximum absolute atomic E-state index is 12.0. The molecule has 0 aromatic carbocycles. The zero-order valence-corrected chi connectivity index (χ0v) is 14.0. The molecule has 0 bridgehead atoms. The Bertz CT molecular complexity index is 652. The Morgan fingerprint density at radius 3 is 2.65 bits per heavy atom. The molecule has 2 saturated heterocycles. The van der Waals surface area contributed by atoms with Gasteiger partial charge in [-0.05, 0) is 43.7 Å². The summed E-state index contributed by atoms with van der Waals surface area (Å²) in [5, 5.41) is 2.81. The van der Waals surface area contributed by atoms with E-state index in [-0.39, 0.29) is 29.8 Å². The van der Waals surface area contributed by atoms with E-state index in [4.69, 9.17) is 0 Å². The number of piperidine rings is 1. The highest BCUT2D eigenvalue weighted by atomic mass is 32.2. The molecule has 7 heteroatoms. The number of sulfone groups is 1. The maximum atomic E-state index is 12.0. The van der Waals surface area contributed by atoms with E-state index >= 15 is 0 Å². The summed E-state index contributed by atoms with van der Waals surface area (Å²) in [6.45, 7) is 2.07. The Balaban J connectivity index is 1.52. The quantitative estimate of drug-likeness (QED) is 0.907. The number of carbonyl (C=O) groups is 1. The summed E-state index contributed by atoms with van der Waals surface area (Å²) >= 11 is 0. The van der Waals surface area contributed by atoms with Crippen LogP contribution < -0.4 is 10.2 Å². The number of aromatic nitrogens is 1. The molecule has 1 aromatic rings. The van der Waals surface area contributed by atoms with Crippen LogP contribution in [0.4, 0.5) is 11.5 Å². The number of rotatable bonds is 4. The molecule has 3 rings (SSSR count). The highest BCUT2D eigenvalue weighted by Crippen LogP contribution is 2.23. The molecule has 3 heterocycles. The molecule has 1 atom stereocenters. The van der Waals surface area contributed by atoms with E-state index in [2.05, 4.69) is 15.2 Å². The average molecular weight is 337 g/mol. The van der Waals surface area contributed by atoms with E-state index in [0.717, 1.165) is 18.9 Å². The van der Waals surface area contributed by atoms with Gasteiger partial charge in [0.2, 0.25) is 5.91 Å². The first-order valence-corrected chi connectivity index (χ1v) is 10.1. The molecule has 126 valence electrons. The molecule has 6 nitrogen and oxygen atoms in total. The SMILES string of the molecule is O=C(CC1CCS(=O)(=O)C1)Nc1ccc(N2CCCCC2)nc1. The van der Waals surface area contributed by atoms with E-state index in [1.165, 1.54) is 19.3 Å². The van der Waals surface area contributed by atoms with Gasteiger partial charge < -0.3 is 10.2 Å². The molecule has 0 aliphatic carbocycles. The van der Waals surface area contributed by atoms with Crippen LogP contribution >= 0.6 is 0 Å². The summed E-state index contributed by atoms with van der Waals surface area (Å²) in [5.74, 6) is 1.09. The van der Waals surface area contributed by atoms with Crippen LogP contribution in [0.3, 0.4) is 0 Å². The zero-order chi connectivity index (χ0) is 16.3. The molecule has 0 radical (unpaired) electrons. The van der Waals surface area contributed by atoms with Crippen LogP contribution in [0.1, 0.15) is 32.1 Å². The Hall–Kier alpha value is -1.63. The van der Waals surface area contributed by atoms with E-state index in [9.17, 15) is 13.2 Å². The standard InChI is InChI=1S/C16H23N3O3S/c20-16(10-13-6-9-23(21,22)12-13)18-14-4-5-15(17-11-14)19-7-2-1-3-8-19/h4-5,11,13H,1-3,6-10,12H2,(H,18,20). The minimum Gasteiger partial charge on any atom is -0.357 e. The van der Waals surface area contributed by atoms with Gasteiger partial charge in [-0.2, -0.15) is 0 Å². The summed E-state index contributed by atoms with van der Waals surface area (Å²) in [5.41, 5.74) is 0.664. The Labute approximate surface area is 137 Å². The molecule has 1 unspecified atom stereocenters. The number of hydrogen-bond acceptors (Lipinski definition) is 5. The zero-order valence-electron chi connectivity index (χ0n) is 13.2. The summed E-state index contributed by atoms with van der Waals surface area (Å²) < 4.78 is 22.8. The van der Waals surface area contributed by atoms with Crippen LogP contribution in [0.2, 0.25) is 0 Å². The predicted octanol–water partition coefficient (Wildman–Crippen LogP) is 1.84. The van der Waals surface area contributed by atoms with Gasteiger partial charge >= 0.3 is 0 Å². The lowest BCUT2D eigenvalue weighted by atomic mass is 10.1. The number of carbonyl (C=O) groups excluding carboxylic acids is 1. The molecular weight excluding hydrogens is 314 g/mol. The van der Waals surface area contributed by atoms with E-state index < -0.39 is 9.84 Å². The molecule has 2 aliphatic heterocycles. The van der Waals surface area contributed by atoms with Crippen molar-refractivity contribution >= 4 is 27.2 Å². The average Bonchev–Trinajstić information content (AvgIpc) is 2.87. The minimum absolute atomic E-state index is 0.0550. The molecule has 1 N–H and O–H groups in total. The molecule has 0 saturated carbocycles. The van der Waals surface area contributed by atoms with Gasteiger partial charge in [-0.15, -0.1) is 0 Å². The van der Waals surface area contributed by atoms with Crippen LogP contribution in [0.25, 0.3) is 0 Å². The van der Waals surface area contributed by atoms with Crippen molar-refractivity contribution in [1.82, 2.24) is 4.98 Å². The van der Waals surface area contributed by atoms with Crippen molar-refractivity contribution < 1.29 is 13.2 Å². The second-order valence-electron chi connectivity index (χ2n) is 6.47. The first kappa shape index (κ1) is 16.2. The Kier molecular flexibility index (Phi) is 4.84. The number of nitrogens with one attached hydrogen (secondary N) is 1. The fourth-order valence-electron chi connectivity index (χ4n) is 3.28. The van der Waals surface area contributed by atoms with Gasteiger partial charge in [0.05, 0.1) is 23.4 Å². The largest absolute Gasteiger partial charge is 0.357 e. The molecule has 2 fully saturated rings. The van der Waals surface area contributed by atoms with Gasteiger partial charge in [0.15, 0.2) is 9.84 Å². The van der Waals surface area contributed by atoms with Crippen LogP contribution in [0.5, 0.6) is 0 Å². The topological polar surface area (TPSA) is 79.4 Å². The van der Waals surface area contributed by atoms with Crippen LogP contribution in [0.15, 0.2) is 18.3 Å². The van der Waals surface area contributed by atoms with Crippen molar-refractivity contribution in [2.24, 2.45) is 5.92 Å². The molecule has 1 aromatic heterocycles. The Morgan fingerprint density at radius 2 is 2.04 bits per heavy atom. The monoisotopic (exact) mass is 337 g/mol. The molecule has 1 amide bonds. The van der Waals surface area contributed by atoms with Gasteiger partial charge in [-0.3, -0.25) is 4.79 Å². The lowest BCUT2D eigenvalue weighted by molar-refractivity contribution is -0.116. The summed E-state index contributed by atoms with van der Waals surface area (Å²) in [6, 6.07) is 3.79. The van der Waals surface area contributed by atoms with Gasteiger partial charge in [0.25, 0.3) is 0 Å². The van der Waals surface area contributed by atoms with Crippen molar-refractivity contribution in [2.45, 2.75) is 32.1 Å². The van der Waals surface area contributed by atoms with Gasteiger partial charge in [0.1, 0.15) is 5.82 Å². The Morgan fingerprint density at radius 1 is 1.26 bits per heavy atom. The fourth-order valence-corrected chi connectivity index (χ4v) is 5.14. The number of hydrogen-bond donors (Lipinski definition) is 1. The van der Waals surface area contributed by atoms with Crippen molar-refractivity contribution in [3.05, 3.63) is 18.3 Å². The van der Waals surface area contributed by atoms with Crippen LogP contribution in [0, 0.1) is 5.92 Å². The third kappa shape index (κ3) is 4.43. The third-order valence-electron chi connectivity index (χ3n) is 4.51. The van der Waals surface area contributed by atoms with E-state index in [1.54, 1.807) is 6.20 Å². The van der Waals surface area contributed by atoms with Gasteiger partial charge in [-0.25, -0.2) is 13.4 Å². The number of amides is 1. The molecule has 2 aliphatic rings. The van der Waals surface area contributed by atoms with Gasteiger partial charge in [0, 0.05) is 19.5 Å². The van der Waals surface area contributed by atoms with Crippen molar-refractivity contribution in [2.75, 3.05) is 34.8 Å². The van der Waals surface area contributed by atoms with Crippen LogP contribution in [-0.4, -0.2) is 43.9 Å². The fraction of sp³-hybridized carbons (Fsp3) is 0.625. The van der Waals surface area contributed by atoms with E-state index in [0.29, 0.717) is 12.1 Å². The number of pyridine rings is 1. The second-order valence-corrected chi connectivity index (χ2v) is 8.70. The molecular formula is C16H23N3O3S. The lowest BCUT2D eigenvalue weighted by Crippen LogP contribution is -2.30. The predicted molar refractivity (Wildman–Crippen MR) is 90.3 cm³/mol. The second kappa shape index (κ2) is 6.86. The minimum atomic E-state index is -2.93. The molecule has 23 heavy (non-hydrogen) atoms. The lowest BCUT2D eigenvalue weighted by Gasteiger charge is -2.27.